The number of halogens is 1. The Balaban J connectivity index is 0.000000561. The van der Waals surface area contributed by atoms with E-state index >= 15 is 0 Å². The van der Waals surface area contributed by atoms with Gasteiger partial charge in [-0.1, -0.05) is 40.2 Å². The summed E-state index contributed by atoms with van der Waals surface area (Å²) >= 11 is 3.37. The van der Waals surface area contributed by atoms with E-state index < -0.39 is 0 Å². The molecule has 12 heavy (non-hydrogen) atoms. The molecule has 0 aromatic heterocycles. The number of alkyl halides is 1. The number of rotatable bonds is 2. The Labute approximate surface area is 81.5 Å². The van der Waals surface area contributed by atoms with Crippen LogP contribution < -0.4 is 5.73 Å². The van der Waals surface area contributed by atoms with Crippen molar-refractivity contribution in [2.45, 2.75) is 11.9 Å². The second-order valence-electron chi connectivity index (χ2n) is 2.15. The molecule has 0 spiro atoms. The molecule has 0 aliphatic heterocycles. The Morgan fingerprint density at radius 2 is 1.58 bits per heavy atom. The highest BCUT2D eigenvalue weighted by Gasteiger charge is 1.89. The Bertz CT molecular complexity index is 175. The topological polar surface area (TPSA) is 46.2 Å². The van der Waals surface area contributed by atoms with E-state index in [1.54, 1.807) is 0 Å². The molecule has 3 heteroatoms. The van der Waals surface area contributed by atoms with Crippen molar-refractivity contribution < 1.29 is 5.11 Å². The van der Waals surface area contributed by atoms with Gasteiger partial charge in [0, 0.05) is 19.0 Å². The summed E-state index contributed by atoms with van der Waals surface area (Å²) in [5.74, 6) is 0. The van der Waals surface area contributed by atoms with Gasteiger partial charge in [0.2, 0.25) is 0 Å². The van der Waals surface area contributed by atoms with Gasteiger partial charge in [-0.2, -0.15) is 0 Å². The molecule has 0 amide bonds. The number of nitrogens with two attached hydrogens (primary N) is 1. The van der Waals surface area contributed by atoms with Crippen LogP contribution in [0.5, 0.6) is 0 Å². The van der Waals surface area contributed by atoms with Gasteiger partial charge in [-0.05, 0) is 11.1 Å². The predicted octanol–water partition coefficient (Wildman–Crippen LogP) is 1.65. The van der Waals surface area contributed by atoms with Crippen molar-refractivity contribution in [3.63, 3.8) is 0 Å². The van der Waals surface area contributed by atoms with E-state index in [4.69, 9.17) is 10.8 Å². The van der Waals surface area contributed by atoms with Crippen molar-refractivity contribution in [1.82, 2.24) is 0 Å². The largest absolute Gasteiger partial charge is 0.400 e. The second kappa shape index (κ2) is 7.28. The maximum absolute atomic E-state index is 7.00. The van der Waals surface area contributed by atoms with Crippen LogP contribution in [0.25, 0.3) is 0 Å². The van der Waals surface area contributed by atoms with Crippen LogP contribution in [0.1, 0.15) is 11.1 Å². The molecule has 0 aliphatic rings. The molecule has 0 unspecified atom stereocenters. The van der Waals surface area contributed by atoms with Crippen molar-refractivity contribution in [3.8, 4) is 0 Å². The molecule has 0 fully saturated rings. The highest BCUT2D eigenvalue weighted by molar-refractivity contribution is 9.08. The number of aliphatic hydroxyl groups is 1. The summed E-state index contributed by atoms with van der Waals surface area (Å²) in [5.41, 5.74) is 7.90. The zero-order chi connectivity index (χ0) is 9.40. The Kier molecular flexibility index (Phi) is 7.05. The van der Waals surface area contributed by atoms with Crippen LogP contribution in [0.15, 0.2) is 24.3 Å². The summed E-state index contributed by atoms with van der Waals surface area (Å²) in [7, 11) is 1.00. The molecule has 0 heterocycles. The van der Waals surface area contributed by atoms with Crippen LogP contribution >= 0.6 is 15.9 Å². The molecule has 68 valence electrons. The third-order valence-electron chi connectivity index (χ3n) is 1.41. The molecule has 2 nitrogen and oxygen atoms in total. The first-order valence-electron chi connectivity index (χ1n) is 3.65. The summed E-state index contributed by atoms with van der Waals surface area (Å²) in [4.78, 5) is 0. The smallest absolute Gasteiger partial charge is 0.0319 e. The number of hydrogen-bond donors (Lipinski definition) is 2. The molecule has 1 rings (SSSR count). The summed E-state index contributed by atoms with van der Waals surface area (Å²) in [6.45, 7) is 0.628. The minimum Gasteiger partial charge on any atom is -0.400 e. The van der Waals surface area contributed by atoms with E-state index in [0.29, 0.717) is 6.54 Å². The van der Waals surface area contributed by atoms with Gasteiger partial charge in [-0.15, -0.1) is 0 Å². The molecule has 0 aliphatic carbocycles. The summed E-state index contributed by atoms with van der Waals surface area (Å²) in [5, 5.41) is 7.91. The van der Waals surface area contributed by atoms with Crippen LogP contribution in [-0.2, 0) is 11.9 Å². The SMILES string of the molecule is CO.NCc1ccc(CBr)cc1. The third-order valence-corrected chi connectivity index (χ3v) is 2.06. The molecule has 1 aromatic rings. The first-order chi connectivity index (χ1) is 5.86. The third kappa shape index (κ3) is 3.85. The lowest BCUT2D eigenvalue weighted by Crippen LogP contribution is -1.95. The molecule has 0 bridgehead atoms. The van der Waals surface area contributed by atoms with Gasteiger partial charge in [0.25, 0.3) is 0 Å². The van der Waals surface area contributed by atoms with E-state index in [0.717, 1.165) is 12.4 Å². The van der Waals surface area contributed by atoms with Crippen LogP contribution in [0, 0.1) is 0 Å². The van der Waals surface area contributed by atoms with E-state index in [1.165, 1.54) is 11.1 Å². The Morgan fingerprint density at radius 1 is 1.17 bits per heavy atom. The molecule has 1 aromatic carbocycles. The highest BCUT2D eigenvalue weighted by Crippen LogP contribution is 2.06. The van der Waals surface area contributed by atoms with Crippen LogP contribution in [0.3, 0.4) is 0 Å². The normalized spacial score (nSPS) is 8.67. The molecule has 0 saturated carbocycles. The van der Waals surface area contributed by atoms with Crippen molar-refractivity contribution in [2.24, 2.45) is 5.73 Å². The van der Waals surface area contributed by atoms with E-state index in [1.807, 2.05) is 0 Å². The standard InChI is InChI=1S/C8H10BrN.CH4O/c9-5-7-1-3-8(6-10)4-2-7;1-2/h1-4H,5-6,10H2;2H,1H3. The van der Waals surface area contributed by atoms with Crippen LogP contribution in [0.4, 0.5) is 0 Å². The predicted molar refractivity (Wildman–Crippen MR) is 55.1 cm³/mol. The highest BCUT2D eigenvalue weighted by atomic mass is 79.9. The average Bonchev–Trinajstić information content (AvgIpc) is 2.21. The Morgan fingerprint density at radius 3 is 1.92 bits per heavy atom. The maximum atomic E-state index is 7.00. The zero-order valence-electron chi connectivity index (χ0n) is 7.13. The maximum Gasteiger partial charge on any atom is 0.0319 e. The quantitative estimate of drug-likeness (QED) is 0.761. The molecule has 3 N–H and O–H groups in total. The number of hydrogen-bond acceptors (Lipinski definition) is 2. The second-order valence-corrected chi connectivity index (χ2v) is 2.71. The molecule has 0 radical (unpaired) electrons. The lowest BCUT2D eigenvalue weighted by Gasteiger charge is -1.96. The lowest BCUT2D eigenvalue weighted by atomic mass is 10.2. The lowest BCUT2D eigenvalue weighted by molar-refractivity contribution is 0.399. The molecular formula is C9H14BrNO. The van der Waals surface area contributed by atoms with E-state index in [9.17, 15) is 0 Å². The zero-order valence-corrected chi connectivity index (χ0v) is 8.71. The van der Waals surface area contributed by atoms with Gasteiger partial charge in [0.05, 0.1) is 0 Å². The van der Waals surface area contributed by atoms with Gasteiger partial charge >= 0.3 is 0 Å². The first-order valence-corrected chi connectivity index (χ1v) is 4.77. The van der Waals surface area contributed by atoms with Crippen LogP contribution in [-0.4, -0.2) is 12.2 Å². The van der Waals surface area contributed by atoms with E-state index in [2.05, 4.69) is 40.2 Å². The monoisotopic (exact) mass is 231 g/mol. The van der Waals surface area contributed by atoms with Gasteiger partial charge in [0.1, 0.15) is 0 Å². The van der Waals surface area contributed by atoms with Gasteiger partial charge in [-0.3, -0.25) is 0 Å². The molecule has 0 saturated heterocycles. The van der Waals surface area contributed by atoms with Crippen LogP contribution in [0.2, 0.25) is 0 Å². The fourth-order valence-electron chi connectivity index (χ4n) is 0.764. The van der Waals surface area contributed by atoms with Gasteiger partial charge in [0.15, 0.2) is 0 Å². The van der Waals surface area contributed by atoms with Crippen molar-refractivity contribution in [2.75, 3.05) is 7.11 Å². The fourth-order valence-corrected chi connectivity index (χ4v) is 1.14. The van der Waals surface area contributed by atoms with Crippen molar-refractivity contribution in [3.05, 3.63) is 35.4 Å². The fraction of sp³-hybridized carbons (Fsp3) is 0.333. The minimum absolute atomic E-state index is 0.628. The first kappa shape index (κ1) is 11.6. The van der Waals surface area contributed by atoms with Gasteiger partial charge < -0.3 is 10.8 Å². The average molecular weight is 232 g/mol. The number of aliphatic hydroxyl groups excluding tert-OH is 1. The summed E-state index contributed by atoms with van der Waals surface area (Å²) < 4.78 is 0. The van der Waals surface area contributed by atoms with Crippen molar-refractivity contribution >= 4 is 15.9 Å². The number of benzene rings is 1. The van der Waals surface area contributed by atoms with Crippen molar-refractivity contribution in [1.29, 1.82) is 0 Å². The molecule has 0 atom stereocenters. The Hall–Kier alpha value is -0.380. The van der Waals surface area contributed by atoms with E-state index in [-0.39, 0.29) is 0 Å². The minimum atomic E-state index is 0.628. The summed E-state index contributed by atoms with van der Waals surface area (Å²) in [6, 6.07) is 8.26. The molecular weight excluding hydrogens is 218 g/mol. The van der Waals surface area contributed by atoms with Gasteiger partial charge in [-0.25, -0.2) is 0 Å². The summed E-state index contributed by atoms with van der Waals surface area (Å²) in [6.07, 6.45) is 0.